The average molecular weight is 141 g/mol. The highest BCUT2D eigenvalue weighted by atomic mass is 35.5. The quantitative estimate of drug-likeness (QED) is 0.397. The predicted octanol–water partition coefficient (Wildman–Crippen LogP) is -0.301. The first-order chi connectivity index (χ1) is 4.20. The molecule has 46 valence electrons. The Morgan fingerprint density at radius 3 is 2.78 bits per heavy atom. The number of halogens is 1. The highest BCUT2D eigenvalue weighted by Crippen LogP contribution is 2.15. The van der Waals surface area contributed by atoms with Gasteiger partial charge in [-0.25, -0.2) is 4.98 Å². The minimum Gasteiger partial charge on any atom is -0.505 e. The molecule has 0 aliphatic rings. The lowest BCUT2D eigenvalue weighted by atomic mass is 9.99. The SMILES string of the molecule is Bc1cnc(Cl)c(O)c1. The number of pyridine rings is 1. The number of nitrogens with zero attached hydrogens (tertiary/aromatic N) is 1. The molecule has 0 spiro atoms. The Hall–Kier alpha value is -0.695. The van der Waals surface area contributed by atoms with Gasteiger partial charge in [0.15, 0.2) is 10.9 Å². The van der Waals surface area contributed by atoms with Crippen LogP contribution >= 0.6 is 11.6 Å². The molecule has 1 aromatic heterocycles. The van der Waals surface area contributed by atoms with E-state index in [4.69, 9.17) is 16.7 Å². The van der Waals surface area contributed by atoms with Gasteiger partial charge in [-0.3, -0.25) is 0 Å². The van der Waals surface area contributed by atoms with E-state index in [9.17, 15) is 0 Å². The molecular weight excluding hydrogens is 136 g/mol. The lowest BCUT2D eigenvalue weighted by Gasteiger charge is -1.94. The Morgan fingerprint density at radius 1 is 1.67 bits per heavy atom. The van der Waals surface area contributed by atoms with Crippen LogP contribution in [0.5, 0.6) is 5.75 Å². The van der Waals surface area contributed by atoms with Crippen LogP contribution in [0.3, 0.4) is 0 Å². The number of hydrogen-bond donors (Lipinski definition) is 1. The molecule has 2 nitrogen and oxygen atoms in total. The molecule has 0 atom stereocenters. The number of rotatable bonds is 0. The summed E-state index contributed by atoms with van der Waals surface area (Å²) in [6, 6.07) is 1.56. The zero-order valence-electron chi connectivity index (χ0n) is 4.93. The second kappa shape index (κ2) is 2.27. The molecule has 0 radical (unpaired) electrons. The maximum absolute atomic E-state index is 8.91. The van der Waals surface area contributed by atoms with Gasteiger partial charge in [0.2, 0.25) is 0 Å². The Balaban J connectivity index is 3.17. The zero-order valence-corrected chi connectivity index (χ0v) is 5.68. The van der Waals surface area contributed by atoms with Crippen LogP contribution in [-0.2, 0) is 0 Å². The standard InChI is InChI=1S/C5H5BClNO/c6-3-1-4(9)5(7)8-2-3/h1-2,9H,6H2. The third-order valence-corrected chi connectivity index (χ3v) is 1.25. The number of aromatic hydroxyl groups is 1. The van der Waals surface area contributed by atoms with Gasteiger partial charge in [-0.1, -0.05) is 17.1 Å². The van der Waals surface area contributed by atoms with E-state index in [1.807, 2.05) is 7.85 Å². The fraction of sp³-hybridized carbons (Fsp3) is 0. The van der Waals surface area contributed by atoms with E-state index in [0.29, 0.717) is 0 Å². The van der Waals surface area contributed by atoms with Gasteiger partial charge in [-0.2, -0.15) is 0 Å². The van der Waals surface area contributed by atoms with Crippen molar-refractivity contribution in [2.75, 3.05) is 0 Å². The van der Waals surface area contributed by atoms with Crippen molar-refractivity contribution in [2.45, 2.75) is 0 Å². The summed E-state index contributed by atoms with van der Waals surface area (Å²) in [4.78, 5) is 3.69. The molecule has 1 heterocycles. The normalized spacial score (nSPS) is 9.44. The first-order valence-corrected chi connectivity index (χ1v) is 2.89. The summed E-state index contributed by atoms with van der Waals surface area (Å²) in [7, 11) is 1.84. The van der Waals surface area contributed by atoms with Gasteiger partial charge >= 0.3 is 0 Å². The Kier molecular flexibility index (Phi) is 1.62. The molecule has 0 saturated heterocycles. The van der Waals surface area contributed by atoms with Crippen LogP contribution in [0.15, 0.2) is 12.3 Å². The van der Waals surface area contributed by atoms with Crippen LogP contribution in [0.1, 0.15) is 0 Å². The molecule has 4 heteroatoms. The highest BCUT2D eigenvalue weighted by Gasteiger charge is 1.95. The maximum atomic E-state index is 8.91. The smallest absolute Gasteiger partial charge is 0.170 e. The van der Waals surface area contributed by atoms with Gasteiger partial charge < -0.3 is 5.11 Å². The average Bonchev–Trinajstić information content (AvgIpc) is 1.80. The van der Waals surface area contributed by atoms with E-state index < -0.39 is 0 Å². The van der Waals surface area contributed by atoms with Crippen molar-refractivity contribution in [3.63, 3.8) is 0 Å². The van der Waals surface area contributed by atoms with Gasteiger partial charge in [0, 0.05) is 6.20 Å². The summed E-state index contributed by atoms with van der Waals surface area (Å²) in [5.74, 6) is 0.0386. The molecule has 0 aliphatic heterocycles. The van der Waals surface area contributed by atoms with Crippen molar-refractivity contribution < 1.29 is 5.11 Å². The first kappa shape index (κ1) is 6.43. The lowest BCUT2D eigenvalue weighted by molar-refractivity contribution is 0.473. The van der Waals surface area contributed by atoms with Crippen LogP contribution in [-0.4, -0.2) is 17.9 Å². The molecule has 0 amide bonds. The summed E-state index contributed by atoms with van der Waals surface area (Å²) in [6.07, 6.45) is 1.60. The van der Waals surface area contributed by atoms with Gasteiger partial charge in [-0.15, -0.1) is 0 Å². The minimum atomic E-state index is 0.0386. The van der Waals surface area contributed by atoms with Crippen LogP contribution in [0, 0.1) is 0 Å². The molecule has 9 heavy (non-hydrogen) atoms. The molecule has 1 aromatic rings. The van der Waals surface area contributed by atoms with Crippen molar-refractivity contribution in [3.05, 3.63) is 17.4 Å². The zero-order chi connectivity index (χ0) is 6.85. The summed E-state index contributed by atoms with van der Waals surface area (Å²) in [5.41, 5.74) is 0.900. The molecular formula is C5H5BClNO. The van der Waals surface area contributed by atoms with Crippen molar-refractivity contribution in [1.29, 1.82) is 0 Å². The monoisotopic (exact) mass is 141 g/mol. The van der Waals surface area contributed by atoms with Crippen LogP contribution < -0.4 is 5.46 Å². The van der Waals surface area contributed by atoms with Gasteiger partial charge in [0.1, 0.15) is 7.85 Å². The molecule has 1 rings (SSSR count). The Bertz CT molecular complexity index is 228. The van der Waals surface area contributed by atoms with E-state index in [-0.39, 0.29) is 10.9 Å². The van der Waals surface area contributed by atoms with Crippen LogP contribution in [0.2, 0.25) is 5.15 Å². The van der Waals surface area contributed by atoms with E-state index in [0.717, 1.165) is 5.46 Å². The van der Waals surface area contributed by atoms with Crippen molar-refractivity contribution >= 4 is 24.9 Å². The second-order valence-corrected chi connectivity index (χ2v) is 2.18. The third-order valence-electron chi connectivity index (χ3n) is 0.957. The topological polar surface area (TPSA) is 33.1 Å². The van der Waals surface area contributed by atoms with Crippen molar-refractivity contribution in [1.82, 2.24) is 4.98 Å². The van der Waals surface area contributed by atoms with E-state index in [1.165, 1.54) is 0 Å². The van der Waals surface area contributed by atoms with Crippen LogP contribution in [0.25, 0.3) is 0 Å². The maximum Gasteiger partial charge on any atom is 0.170 e. The molecule has 0 aliphatic carbocycles. The molecule has 0 unspecified atom stereocenters. The van der Waals surface area contributed by atoms with Crippen LogP contribution in [0.4, 0.5) is 0 Å². The van der Waals surface area contributed by atoms with E-state index in [1.54, 1.807) is 12.3 Å². The molecule has 1 N–H and O–H groups in total. The first-order valence-electron chi connectivity index (χ1n) is 2.51. The largest absolute Gasteiger partial charge is 0.505 e. The fourth-order valence-electron chi connectivity index (χ4n) is 0.537. The van der Waals surface area contributed by atoms with E-state index in [2.05, 4.69) is 4.98 Å². The summed E-state index contributed by atoms with van der Waals surface area (Å²) in [6.45, 7) is 0. The second-order valence-electron chi connectivity index (χ2n) is 1.82. The van der Waals surface area contributed by atoms with E-state index >= 15 is 0 Å². The number of hydrogen-bond acceptors (Lipinski definition) is 2. The minimum absolute atomic E-state index is 0.0386. The summed E-state index contributed by atoms with van der Waals surface area (Å²) < 4.78 is 0. The fourth-order valence-corrected chi connectivity index (χ4v) is 0.640. The third kappa shape index (κ3) is 1.36. The number of aromatic nitrogens is 1. The Morgan fingerprint density at radius 2 is 2.33 bits per heavy atom. The van der Waals surface area contributed by atoms with Crippen molar-refractivity contribution in [2.24, 2.45) is 0 Å². The summed E-state index contributed by atoms with van der Waals surface area (Å²) in [5, 5.41) is 9.06. The lowest BCUT2D eigenvalue weighted by Crippen LogP contribution is -2.01. The Labute approximate surface area is 58.9 Å². The molecule has 0 saturated carbocycles. The van der Waals surface area contributed by atoms with Gasteiger partial charge in [0.05, 0.1) is 0 Å². The van der Waals surface area contributed by atoms with Gasteiger partial charge in [-0.05, 0) is 6.07 Å². The molecule has 0 fully saturated rings. The highest BCUT2D eigenvalue weighted by molar-refractivity contribution is 6.34. The predicted molar refractivity (Wildman–Crippen MR) is 39.1 cm³/mol. The molecule has 0 aromatic carbocycles. The van der Waals surface area contributed by atoms with Gasteiger partial charge in [0.25, 0.3) is 0 Å². The molecule has 0 bridgehead atoms. The van der Waals surface area contributed by atoms with Crippen molar-refractivity contribution in [3.8, 4) is 5.75 Å². The summed E-state index contributed by atoms with van der Waals surface area (Å²) >= 11 is 5.42.